The van der Waals surface area contributed by atoms with E-state index in [9.17, 15) is 0 Å². The average molecular weight is 202 g/mol. The Hall–Kier alpha value is -0.720. The van der Waals surface area contributed by atoms with Crippen LogP contribution in [0.25, 0.3) is 0 Å². The van der Waals surface area contributed by atoms with Crippen molar-refractivity contribution in [2.75, 3.05) is 38.3 Å². The van der Waals surface area contributed by atoms with E-state index in [1.807, 2.05) is 0 Å². The molecule has 1 heterocycles. The molecule has 0 aliphatic carbocycles. The van der Waals surface area contributed by atoms with Gasteiger partial charge in [-0.1, -0.05) is 0 Å². The molecule has 0 atom stereocenters. The first-order valence-corrected chi connectivity index (χ1v) is 4.86. The molecule has 0 unspecified atom stereocenters. The monoisotopic (exact) mass is 202 g/mol. The summed E-state index contributed by atoms with van der Waals surface area (Å²) in [6.07, 6.45) is 1.55. The second-order valence-electron chi connectivity index (χ2n) is 2.49. The van der Waals surface area contributed by atoms with Crippen LogP contribution in [0.4, 0.5) is 5.13 Å². The molecule has 0 aliphatic heterocycles. The summed E-state index contributed by atoms with van der Waals surface area (Å²) < 4.78 is 8.93. The number of aromatic nitrogens is 2. The molecule has 74 valence electrons. The molecule has 0 fully saturated rings. The summed E-state index contributed by atoms with van der Waals surface area (Å²) in [6.45, 7) is 2.89. The van der Waals surface area contributed by atoms with Crippen LogP contribution in [0.3, 0.4) is 0 Å². The molecule has 0 spiro atoms. The lowest BCUT2D eigenvalue weighted by atomic mass is 10.5. The first-order valence-electron chi connectivity index (χ1n) is 4.09. The molecule has 13 heavy (non-hydrogen) atoms. The van der Waals surface area contributed by atoms with Gasteiger partial charge >= 0.3 is 0 Å². The highest BCUT2D eigenvalue weighted by molar-refractivity contribution is 7.09. The maximum Gasteiger partial charge on any atom is 0.205 e. The number of hydrogen-bond donors (Lipinski definition) is 1. The fourth-order valence-electron chi connectivity index (χ4n) is 0.967. The van der Waals surface area contributed by atoms with Crippen LogP contribution in [0.15, 0.2) is 6.33 Å². The van der Waals surface area contributed by atoms with E-state index in [0.29, 0.717) is 13.2 Å². The molecule has 0 radical (unpaired) electrons. The summed E-state index contributed by atoms with van der Waals surface area (Å²) in [5, 5.41) is 0.905. The number of nitrogens with two attached hydrogens (primary N) is 1. The van der Waals surface area contributed by atoms with Crippen LogP contribution in [0.5, 0.6) is 0 Å². The zero-order chi connectivity index (χ0) is 9.52. The molecule has 0 aromatic carbocycles. The van der Waals surface area contributed by atoms with Gasteiger partial charge in [0.05, 0.1) is 6.61 Å². The highest BCUT2D eigenvalue weighted by atomic mass is 32.1. The lowest BCUT2D eigenvalue weighted by Crippen LogP contribution is -2.32. The number of ether oxygens (including phenoxy) is 1. The summed E-state index contributed by atoms with van der Waals surface area (Å²) in [4.78, 5) is 6.18. The zero-order valence-electron chi connectivity index (χ0n) is 7.64. The largest absolute Gasteiger partial charge is 0.383 e. The third-order valence-corrected chi connectivity index (χ3v) is 2.31. The summed E-state index contributed by atoms with van der Waals surface area (Å²) >= 11 is 1.38. The molecule has 1 aromatic heterocycles. The maximum atomic E-state index is 5.48. The topological polar surface area (TPSA) is 64.3 Å². The first-order chi connectivity index (χ1) is 6.38. The predicted octanol–water partition coefficient (Wildman–Crippen LogP) is -0.0504. The molecule has 0 bridgehead atoms. The number of nitrogens with zero attached hydrogens (tertiary/aromatic N) is 3. The Bertz CT molecular complexity index is 216. The lowest BCUT2D eigenvalue weighted by Gasteiger charge is -2.19. The second-order valence-corrected chi connectivity index (χ2v) is 3.25. The van der Waals surface area contributed by atoms with E-state index in [0.717, 1.165) is 18.2 Å². The Balaban J connectivity index is 2.47. The Morgan fingerprint density at radius 2 is 2.46 bits per heavy atom. The molecule has 1 aromatic rings. The maximum absolute atomic E-state index is 5.48. The number of rotatable bonds is 6. The highest BCUT2D eigenvalue weighted by Gasteiger charge is 2.07. The summed E-state index contributed by atoms with van der Waals surface area (Å²) in [6, 6.07) is 0. The molecule has 1 rings (SSSR count). The van der Waals surface area contributed by atoms with Crippen molar-refractivity contribution in [3.05, 3.63) is 6.33 Å². The van der Waals surface area contributed by atoms with E-state index in [2.05, 4.69) is 14.3 Å². The van der Waals surface area contributed by atoms with Gasteiger partial charge in [-0.25, -0.2) is 4.98 Å². The van der Waals surface area contributed by atoms with Crippen molar-refractivity contribution in [2.24, 2.45) is 5.73 Å². The van der Waals surface area contributed by atoms with Crippen LogP contribution in [-0.4, -0.2) is 42.7 Å². The van der Waals surface area contributed by atoms with Gasteiger partial charge in [-0.05, 0) is 0 Å². The van der Waals surface area contributed by atoms with Gasteiger partial charge in [0.1, 0.15) is 6.33 Å². The van der Waals surface area contributed by atoms with Crippen LogP contribution in [0.2, 0.25) is 0 Å². The molecule has 0 saturated carbocycles. The fourth-order valence-corrected chi connectivity index (χ4v) is 1.55. The van der Waals surface area contributed by atoms with E-state index in [-0.39, 0.29) is 0 Å². The first kappa shape index (κ1) is 10.4. The molecule has 0 aliphatic rings. The van der Waals surface area contributed by atoms with Crippen LogP contribution in [-0.2, 0) is 4.74 Å². The van der Waals surface area contributed by atoms with Crippen molar-refractivity contribution in [1.82, 2.24) is 9.36 Å². The van der Waals surface area contributed by atoms with Gasteiger partial charge in [0.2, 0.25) is 5.13 Å². The Morgan fingerprint density at radius 1 is 1.62 bits per heavy atom. The summed E-state index contributed by atoms with van der Waals surface area (Å²) in [5.41, 5.74) is 5.48. The second kappa shape index (κ2) is 5.85. The Kier molecular flexibility index (Phi) is 4.66. The minimum absolute atomic E-state index is 0.614. The van der Waals surface area contributed by atoms with E-state index >= 15 is 0 Å². The van der Waals surface area contributed by atoms with Gasteiger partial charge in [0.25, 0.3) is 0 Å². The molecule has 5 nitrogen and oxygen atoms in total. The van der Waals surface area contributed by atoms with Gasteiger partial charge in [0.15, 0.2) is 0 Å². The standard InChI is InChI=1S/C7H14N4OS/c1-12-5-4-11(3-2-8)7-9-6-10-13-7/h6H,2-5,8H2,1H3. The van der Waals surface area contributed by atoms with Gasteiger partial charge in [-0.2, -0.15) is 4.37 Å². The van der Waals surface area contributed by atoms with Gasteiger partial charge in [-0.3, -0.25) is 0 Å². The van der Waals surface area contributed by atoms with Crippen molar-refractivity contribution >= 4 is 16.7 Å². The predicted molar refractivity (Wildman–Crippen MR) is 53.1 cm³/mol. The third-order valence-electron chi connectivity index (χ3n) is 1.58. The van der Waals surface area contributed by atoms with Crippen LogP contribution < -0.4 is 10.6 Å². The van der Waals surface area contributed by atoms with E-state index in [1.54, 1.807) is 13.4 Å². The number of hydrogen-bond acceptors (Lipinski definition) is 6. The Morgan fingerprint density at radius 3 is 3.00 bits per heavy atom. The summed E-state index contributed by atoms with van der Waals surface area (Å²) in [7, 11) is 1.68. The van der Waals surface area contributed by atoms with Crippen molar-refractivity contribution in [3.8, 4) is 0 Å². The van der Waals surface area contributed by atoms with Crippen molar-refractivity contribution in [3.63, 3.8) is 0 Å². The average Bonchev–Trinajstić information content (AvgIpc) is 2.65. The van der Waals surface area contributed by atoms with E-state index in [1.165, 1.54) is 11.5 Å². The van der Waals surface area contributed by atoms with Crippen LogP contribution in [0, 0.1) is 0 Å². The normalized spacial score (nSPS) is 10.3. The molecule has 2 N–H and O–H groups in total. The number of methoxy groups -OCH3 is 1. The Labute approximate surface area is 81.7 Å². The van der Waals surface area contributed by atoms with E-state index in [4.69, 9.17) is 10.5 Å². The summed E-state index contributed by atoms with van der Waals surface area (Å²) in [5.74, 6) is 0. The minimum atomic E-state index is 0.614. The van der Waals surface area contributed by atoms with Crippen LogP contribution >= 0.6 is 11.5 Å². The molecular formula is C7H14N4OS. The SMILES string of the molecule is COCCN(CCN)c1ncns1. The van der Waals surface area contributed by atoms with Crippen molar-refractivity contribution in [2.45, 2.75) is 0 Å². The van der Waals surface area contributed by atoms with Gasteiger partial charge in [0, 0.05) is 38.3 Å². The van der Waals surface area contributed by atoms with Crippen molar-refractivity contribution < 1.29 is 4.74 Å². The quantitative estimate of drug-likeness (QED) is 0.700. The molecular weight excluding hydrogens is 188 g/mol. The van der Waals surface area contributed by atoms with Gasteiger partial charge in [-0.15, -0.1) is 0 Å². The zero-order valence-corrected chi connectivity index (χ0v) is 8.46. The van der Waals surface area contributed by atoms with Crippen LogP contribution in [0.1, 0.15) is 0 Å². The molecule has 0 amide bonds. The minimum Gasteiger partial charge on any atom is -0.383 e. The molecule has 6 heteroatoms. The highest BCUT2D eigenvalue weighted by Crippen LogP contribution is 2.13. The smallest absolute Gasteiger partial charge is 0.205 e. The number of anilines is 1. The fraction of sp³-hybridized carbons (Fsp3) is 0.714. The van der Waals surface area contributed by atoms with Crippen molar-refractivity contribution in [1.29, 1.82) is 0 Å². The lowest BCUT2D eigenvalue weighted by molar-refractivity contribution is 0.205. The van der Waals surface area contributed by atoms with E-state index < -0.39 is 0 Å². The third kappa shape index (κ3) is 3.25. The van der Waals surface area contributed by atoms with Gasteiger partial charge < -0.3 is 15.4 Å². The molecule has 0 saturated heterocycles.